The predicted octanol–water partition coefficient (Wildman–Crippen LogP) is 2.64. The first-order chi connectivity index (χ1) is 15.8. The Hall–Kier alpha value is -2.42. The van der Waals surface area contributed by atoms with Crippen molar-refractivity contribution in [2.75, 3.05) is 71.1 Å². The normalized spacial score (nSPS) is 17.5. The highest BCUT2D eigenvalue weighted by atomic mass is 16.5. The Kier molecular flexibility index (Phi) is 8.14. The summed E-state index contributed by atoms with van der Waals surface area (Å²) in [6, 6.07) is 10.1. The summed E-state index contributed by atoms with van der Waals surface area (Å²) in [5, 5.41) is 4.46. The number of aromatic nitrogens is 1. The summed E-state index contributed by atoms with van der Waals surface area (Å²) in [4.78, 5) is 19.5. The van der Waals surface area contributed by atoms with Gasteiger partial charge in [-0.3, -0.25) is 9.69 Å². The smallest absolute Gasteiger partial charge is 0.248 e. The Bertz CT molecular complexity index is 845. The first kappa shape index (κ1) is 22.8. The van der Waals surface area contributed by atoms with Crippen molar-refractivity contribution in [1.82, 2.24) is 15.0 Å². The van der Waals surface area contributed by atoms with Crippen molar-refractivity contribution in [2.45, 2.75) is 25.8 Å². The number of ether oxygens (including phenoxy) is 2. The van der Waals surface area contributed by atoms with E-state index in [1.54, 1.807) is 7.11 Å². The van der Waals surface area contributed by atoms with Crippen LogP contribution < -0.4 is 4.90 Å². The van der Waals surface area contributed by atoms with Crippen LogP contribution in [0.3, 0.4) is 0 Å². The van der Waals surface area contributed by atoms with Gasteiger partial charge in [-0.25, -0.2) is 0 Å². The van der Waals surface area contributed by atoms with Gasteiger partial charge in [0.25, 0.3) is 0 Å². The predicted molar refractivity (Wildman–Crippen MR) is 123 cm³/mol. The molecule has 2 aliphatic rings. The zero-order chi connectivity index (χ0) is 22.2. The molecule has 2 fully saturated rings. The van der Waals surface area contributed by atoms with Gasteiger partial charge in [0, 0.05) is 51.9 Å². The number of hydrogen-bond acceptors (Lipinski definition) is 7. The van der Waals surface area contributed by atoms with Crippen LogP contribution in [0.25, 0.3) is 11.3 Å². The van der Waals surface area contributed by atoms with Crippen LogP contribution in [0, 0.1) is 0 Å². The maximum atomic E-state index is 13.0. The van der Waals surface area contributed by atoms with E-state index in [1.165, 1.54) is 6.42 Å². The van der Waals surface area contributed by atoms with E-state index in [-0.39, 0.29) is 12.5 Å². The molecule has 2 saturated heterocycles. The number of amides is 1. The summed E-state index contributed by atoms with van der Waals surface area (Å²) in [5.41, 5.74) is 2.79. The molecule has 174 valence electrons. The fourth-order valence-corrected chi connectivity index (χ4v) is 4.40. The van der Waals surface area contributed by atoms with Crippen molar-refractivity contribution in [3.05, 3.63) is 35.9 Å². The lowest BCUT2D eigenvalue weighted by molar-refractivity contribution is -0.136. The molecule has 0 spiro atoms. The number of anilines is 1. The zero-order valence-corrected chi connectivity index (χ0v) is 19.0. The van der Waals surface area contributed by atoms with Crippen molar-refractivity contribution >= 4 is 11.8 Å². The maximum absolute atomic E-state index is 13.0. The third kappa shape index (κ3) is 5.68. The molecule has 4 rings (SSSR count). The van der Waals surface area contributed by atoms with Crippen LogP contribution in [-0.2, 0) is 20.8 Å². The Labute approximate surface area is 190 Å². The number of hydrogen-bond donors (Lipinski definition) is 0. The lowest BCUT2D eigenvalue weighted by Crippen LogP contribution is -2.43. The molecule has 32 heavy (non-hydrogen) atoms. The standard InChI is InChI=1S/C24H34N4O4/c1-30-19-22(29)28(13-12-26-14-16-31-17-15-26)18-21-23(20-8-4-2-5-9-20)25-32-24(21)27-10-6-3-7-11-27/h2,4-5,8-9H,3,6-7,10-19H2,1H3. The molecule has 8 heteroatoms. The number of morpholine rings is 1. The first-order valence-electron chi connectivity index (χ1n) is 11.6. The van der Waals surface area contributed by atoms with Gasteiger partial charge in [0.1, 0.15) is 12.3 Å². The summed E-state index contributed by atoms with van der Waals surface area (Å²) in [6.45, 7) is 7.14. The van der Waals surface area contributed by atoms with Gasteiger partial charge in [0.15, 0.2) is 0 Å². The molecule has 1 aromatic heterocycles. The number of methoxy groups -OCH3 is 1. The van der Waals surface area contributed by atoms with E-state index in [2.05, 4.69) is 15.0 Å². The fourth-order valence-electron chi connectivity index (χ4n) is 4.40. The highest BCUT2D eigenvalue weighted by Crippen LogP contribution is 2.33. The average molecular weight is 443 g/mol. The second-order valence-corrected chi connectivity index (χ2v) is 8.43. The van der Waals surface area contributed by atoms with Gasteiger partial charge in [-0.2, -0.15) is 0 Å². The lowest BCUT2D eigenvalue weighted by atomic mass is 10.1. The quantitative estimate of drug-likeness (QED) is 0.591. The molecule has 0 aliphatic carbocycles. The molecule has 0 unspecified atom stereocenters. The maximum Gasteiger partial charge on any atom is 0.248 e. The van der Waals surface area contributed by atoms with Crippen LogP contribution >= 0.6 is 0 Å². The van der Waals surface area contributed by atoms with Crippen LogP contribution in [-0.4, -0.2) is 87.1 Å². The van der Waals surface area contributed by atoms with Gasteiger partial charge in [0.2, 0.25) is 11.8 Å². The minimum atomic E-state index is -0.0226. The molecule has 2 aliphatic heterocycles. The average Bonchev–Trinajstić information content (AvgIpc) is 3.27. The monoisotopic (exact) mass is 442 g/mol. The van der Waals surface area contributed by atoms with Gasteiger partial charge in [-0.05, 0) is 19.3 Å². The molecule has 0 saturated carbocycles. The largest absolute Gasteiger partial charge is 0.379 e. The molecule has 0 atom stereocenters. The molecule has 3 heterocycles. The van der Waals surface area contributed by atoms with Gasteiger partial charge in [0.05, 0.1) is 25.3 Å². The van der Waals surface area contributed by atoms with Crippen molar-refractivity contribution < 1.29 is 18.8 Å². The van der Waals surface area contributed by atoms with Crippen LogP contribution in [0.15, 0.2) is 34.9 Å². The summed E-state index contributed by atoms with van der Waals surface area (Å²) in [6.07, 6.45) is 3.53. The summed E-state index contributed by atoms with van der Waals surface area (Å²) < 4.78 is 16.5. The summed E-state index contributed by atoms with van der Waals surface area (Å²) in [5.74, 6) is 0.774. The molecule has 8 nitrogen and oxygen atoms in total. The van der Waals surface area contributed by atoms with Crippen LogP contribution in [0.5, 0.6) is 0 Å². The Morgan fingerprint density at radius 1 is 1.09 bits per heavy atom. The second kappa shape index (κ2) is 11.4. The second-order valence-electron chi connectivity index (χ2n) is 8.43. The SMILES string of the molecule is COCC(=O)N(CCN1CCOCC1)Cc1c(-c2ccccc2)noc1N1CCCCC1. The molecule has 1 aromatic carbocycles. The van der Waals surface area contributed by atoms with Crippen molar-refractivity contribution in [3.8, 4) is 11.3 Å². The van der Waals surface area contributed by atoms with Crippen molar-refractivity contribution in [1.29, 1.82) is 0 Å². The minimum Gasteiger partial charge on any atom is -0.379 e. The van der Waals surface area contributed by atoms with Crippen LogP contribution in [0.1, 0.15) is 24.8 Å². The zero-order valence-electron chi connectivity index (χ0n) is 19.0. The molecule has 0 bridgehead atoms. The van der Waals surface area contributed by atoms with E-state index in [1.807, 2.05) is 35.2 Å². The minimum absolute atomic E-state index is 0.0226. The Morgan fingerprint density at radius 2 is 1.84 bits per heavy atom. The molecular weight excluding hydrogens is 408 g/mol. The van der Waals surface area contributed by atoms with E-state index in [4.69, 9.17) is 14.0 Å². The van der Waals surface area contributed by atoms with E-state index in [9.17, 15) is 4.79 Å². The molecule has 1 amide bonds. The fraction of sp³-hybridized carbons (Fsp3) is 0.583. The van der Waals surface area contributed by atoms with E-state index in [0.717, 1.165) is 81.5 Å². The number of benzene rings is 1. The van der Waals surface area contributed by atoms with Gasteiger partial charge < -0.3 is 23.8 Å². The third-order valence-corrected chi connectivity index (χ3v) is 6.22. The number of carbonyl (C=O) groups is 1. The van der Waals surface area contributed by atoms with Crippen LogP contribution in [0.4, 0.5) is 5.88 Å². The van der Waals surface area contributed by atoms with Crippen molar-refractivity contribution in [2.24, 2.45) is 0 Å². The number of rotatable bonds is 9. The van der Waals surface area contributed by atoms with Gasteiger partial charge >= 0.3 is 0 Å². The van der Waals surface area contributed by atoms with Gasteiger partial charge in [-0.15, -0.1) is 0 Å². The summed E-state index contributed by atoms with van der Waals surface area (Å²) in [7, 11) is 1.56. The van der Waals surface area contributed by atoms with Gasteiger partial charge in [-0.1, -0.05) is 35.5 Å². The Morgan fingerprint density at radius 3 is 2.56 bits per heavy atom. The number of piperidine rings is 1. The molecule has 0 N–H and O–H groups in total. The van der Waals surface area contributed by atoms with Crippen molar-refractivity contribution in [3.63, 3.8) is 0 Å². The highest BCUT2D eigenvalue weighted by molar-refractivity contribution is 5.78. The van der Waals surface area contributed by atoms with E-state index in [0.29, 0.717) is 13.1 Å². The highest BCUT2D eigenvalue weighted by Gasteiger charge is 2.27. The molecule has 0 radical (unpaired) electrons. The number of nitrogens with zero attached hydrogens (tertiary/aromatic N) is 4. The van der Waals surface area contributed by atoms with E-state index < -0.39 is 0 Å². The Balaban J connectivity index is 1.59. The molecule has 2 aromatic rings. The summed E-state index contributed by atoms with van der Waals surface area (Å²) >= 11 is 0. The van der Waals surface area contributed by atoms with Crippen LogP contribution in [0.2, 0.25) is 0 Å². The lowest BCUT2D eigenvalue weighted by Gasteiger charge is -2.31. The topological polar surface area (TPSA) is 71.3 Å². The number of carbonyl (C=O) groups excluding carboxylic acids is 1. The third-order valence-electron chi connectivity index (χ3n) is 6.22. The molecular formula is C24H34N4O4. The van der Waals surface area contributed by atoms with E-state index >= 15 is 0 Å². The first-order valence-corrected chi connectivity index (χ1v) is 11.6.